The van der Waals surface area contributed by atoms with Gasteiger partial charge < -0.3 is 15.5 Å². The van der Waals surface area contributed by atoms with Gasteiger partial charge in [0.25, 0.3) is 0 Å². The Morgan fingerprint density at radius 3 is 3.00 bits per heavy atom. The summed E-state index contributed by atoms with van der Waals surface area (Å²) < 4.78 is 6.30. The maximum absolute atomic E-state index is 6.03. The number of furan rings is 1. The van der Waals surface area contributed by atoms with Crippen molar-refractivity contribution in [1.29, 1.82) is 0 Å². The molecule has 1 atom stereocenters. The second-order valence-corrected chi connectivity index (χ2v) is 6.00. The molecule has 5 heteroatoms. The first kappa shape index (κ1) is 13.9. The quantitative estimate of drug-likeness (QED) is 0.695. The molecule has 3 N–H and O–H groups in total. The van der Waals surface area contributed by atoms with Gasteiger partial charge in [-0.05, 0) is 53.2 Å². The molecule has 0 saturated carbocycles. The van der Waals surface area contributed by atoms with Gasteiger partial charge in [0.1, 0.15) is 5.76 Å². The summed E-state index contributed by atoms with van der Waals surface area (Å²) in [5.41, 5.74) is 8.61. The highest BCUT2D eigenvalue weighted by atomic mass is 79.9. The Bertz CT molecular complexity index is 756. The molecule has 0 amide bonds. The van der Waals surface area contributed by atoms with Crippen LogP contribution in [-0.4, -0.2) is 11.0 Å². The number of hydrogen-bond acceptors (Lipinski definition) is 4. The molecule has 1 unspecified atom stereocenters. The molecule has 0 aliphatic heterocycles. The minimum absolute atomic E-state index is 0.230. The maximum atomic E-state index is 6.03. The van der Waals surface area contributed by atoms with Gasteiger partial charge in [0, 0.05) is 34.2 Å². The van der Waals surface area contributed by atoms with Gasteiger partial charge in [0.15, 0.2) is 0 Å². The standard InChI is InChI=1S/C16H16BrN3O/c1-10(7-12-3-2-6-21-12)20-15-5-4-14(18)13-8-11(17)9-19-16(13)15/h2-6,8-10,20H,7,18H2,1H3. The van der Waals surface area contributed by atoms with Crippen molar-refractivity contribution in [1.82, 2.24) is 4.98 Å². The van der Waals surface area contributed by atoms with Gasteiger partial charge >= 0.3 is 0 Å². The number of fused-ring (bicyclic) bond motifs is 1. The third kappa shape index (κ3) is 3.03. The molecule has 0 radical (unpaired) electrons. The summed E-state index contributed by atoms with van der Waals surface area (Å²) in [6.45, 7) is 2.11. The first-order valence-corrected chi connectivity index (χ1v) is 7.55. The minimum atomic E-state index is 0.230. The van der Waals surface area contributed by atoms with Crippen LogP contribution >= 0.6 is 15.9 Å². The number of benzene rings is 1. The van der Waals surface area contributed by atoms with Crippen LogP contribution < -0.4 is 11.1 Å². The fourth-order valence-electron chi connectivity index (χ4n) is 2.38. The van der Waals surface area contributed by atoms with E-state index in [4.69, 9.17) is 10.2 Å². The summed E-state index contributed by atoms with van der Waals surface area (Å²) in [6, 6.07) is 9.97. The Labute approximate surface area is 131 Å². The smallest absolute Gasteiger partial charge is 0.105 e. The number of rotatable bonds is 4. The number of nitrogens with zero attached hydrogens (tertiary/aromatic N) is 1. The number of aromatic nitrogens is 1. The number of nitrogen functional groups attached to an aromatic ring is 1. The van der Waals surface area contributed by atoms with Crippen LogP contribution in [0, 0.1) is 0 Å². The van der Waals surface area contributed by atoms with E-state index in [1.807, 2.05) is 30.3 Å². The van der Waals surface area contributed by atoms with Crippen molar-refractivity contribution in [2.45, 2.75) is 19.4 Å². The normalized spacial score (nSPS) is 12.5. The van der Waals surface area contributed by atoms with Crippen molar-refractivity contribution in [2.75, 3.05) is 11.1 Å². The Kier molecular flexibility index (Phi) is 3.84. The fourth-order valence-corrected chi connectivity index (χ4v) is 2.71. The lowest BCUT2D eigenvalue weighted by Gasteiger charge is -2.16. The van der Waals surface area contributed by atoms with Gasteiger partial charge in [-0.3, -0.25) is 4.98 Å². The highest BCUT2D eigenvalue weighted by Crippen LogP contribution is 2.29. The van der Waals surface area contributed by atoms with Crippen LogP contribution in [0.2, 0.25) is 0 Å². The van der Waals surface area contributed by atoms with Crippen LogP contribution in [0.5, 0.6) is 0 Å². The highest BCUT2D eigenvalue weighted by Gasteiger charge is 2.10. The summed E-state index contributed by atoms with van der Waals surface area (Å²) in [7, 11) is 0. The molecule has 0 aliphatic carbocycles. The van der Waals surface area contributed by atoms with E-state index in [2.05, 4.69) is 33.2 Å². The molecule has 2 heterocycles. The SMILES string of the molecule is CC(Cc1ccco1)Nc1ccc(N)c2cc(Br)cnc12. The lowest BCUT2D eigenvalue weighted by atomic mass is 10.1. The summed E-state index contributed by atoms with van der Waals surface area (Å²) >= 11 is 3.43. The van der Waals surface area contributed by atoms with Gasteiger partial charge in [0.2, 0.25) is 0 Å². The lowest BCUT2D eigenvalue weighted by Crippen LogP contribution is -2.18. The largest absolute Gasteiger partial charge is 0.469 e. The van der Waals surface area contributed by atoms with Crippen molar-refractivity contribution in [2.24, 2.45) is 0 Å². The van der Waals surface area contributed by atoms with Gasteiger partial charge in [-0.25, -0.2) is 0 Å². The van der Waals surface area contributed by atoms with Gasteiger partial charge in [0.05, 0.1) is 17.5 Å². The van der Waals surface area contributed by atoms with E-state index in [0.717, 1.165) is 38.9 Å². The van der Waals surface area contributed by atoms with Gasteiger partial charge in [-0.15, -0.1) is 0 Å². The molecule has 3 aromatic rings. The van der Waals surface area contributed by atoms with Crippen molar-refractivity contribution in [3.63, 3.8) is 0 Å². The van der Waals surface area contributed by atoms with E-state index < -0.39 is 0 Å². The zero-order chi connectivity index (χ0) is 14.8. The minimum Gasteiger partial charge on any atom is -0.469 e. The molecule has 21 heavy (non-hydrogen) atoms. The second-order valence-electron chi connectivity index (χ2n) is 5.08. The molecule has 108 valence electrons. The fraction of sp³-hybridized carbons (Fsp3) is 0.188. The average Bonchev–Trinajstić information content (AvgIpc) is 2.95. The van der Waals surface area contributed by atoms with Crippen molar-refractivity contribution >= 4 is 38.2 Å². The number of nitrogens with one attached hydrogen (secondary N) is 1. The highest BCUT2D eigenvalue weighted by molar-refractivity contribution is 9.10. The van der Waals surface area contributed by atoms with E-state index in [9.17, 15) is 0 Å². The number of halogens is 1. The van der Waals surface area contributed by atoms with Crippen molar-refractivity contribution in [3.8, 4) is 0 Å². The Balaban J connectivity index is 1.88. The van der Waals surface area contributed by atoms with Crippen LogP contribution in [0.3, 0.4) is 0 Å². The van der Waals surface area contributed by atoms with E-state index in [1.54, 1.807) is 12.5 Å². The third-order valence-corrected chi connectivity index (χ3v) is 3.77. The summed E-state index contributed by atoms with van der Waals surface area (Å²) in [5, 5.41) is 4.42. The number of hydrogen-bond donors (Lipinski definition) is 2. The van der Waals surface area contributed by atoms with Gasteiger partial charge in [-0.2, -0.15) is 0 Å². The van der Waals surface area contributed by atoms with Gasteiger partial charge in [-0.1, -0.05) is 0 Å². The van der Waals surface area contributed by atoms with E-state index in [0.29, 0.717) is 0 Å². The monoisotopic (exact) mass is 345 g/mol. The molecule has 3 rings (SSSR count). The first-order chi connectivity index (χ1) is 10.1. The molecule has 2 aromatic heterocycles. The molecule has 0 spiro atoms. The first-order valence-electron chi connectivity index (χ1n) is 6.76. The number of nitrogens with two attached hydrogens (primary N) is 1. The summed E-state index contributed by atoms with van der Waals surface area (Å²) in [4.78, 5) is 4.48. The predicted molar refractivity (Wildman–Crippen MR) is 89.4 cm³/mol. The van der Waals surface area contributed by atoms with E-state index in [-0.39, 0.29) is 6.04 Å². The van der Waals surface area contributed by atoms with Crippen molar-refractivity contribution < 1.29 is 4.42 Å². The predicted octanol–water partition coefficient (Wildman–Crippen LogP) is 4.22. The molecule has 0 fully saturated rings. The Morgan fingerprint density at radius 1 is 1.38 bits per heavy atom. The van der Waals surface area contributed by atoms with E-state index >= 15 is 0 Å². The molecular formula is C16H16BrN3O. The lowest BCUT2D eigenvalue weighted by molar-refractivity contribution is 0.498. The molecule has 0 saturated heterocycles. The Hall–Kier alpha value is -2.01. The van der Waals surface area contributed by atoms with E-state index in [1.165, 1.54) is 0 Å². The number of pyridine rings is 1. The summed E-state index contributed by atoms with van der Waals surface area (Å²) in [5.74, 6) is 0.963. The van der Waals surface area contributed by atoms with Crippen LogP contribution in [0.15, 0.2) is 51.7 Å². The molecule has 0 aliphatic rings. The number of anilines is 2. The molecule has 1 aromatic carbocycles. The van der Waals surface area contributed by atoms with Crippen molar-refractivity contribution in [3.05, 3.63) is 53.0 Å². The van der Waals surface area contributed by atoms with Crippen LogP contribution in [0.1, 0.15) is 12.7 Å². The zero-order valence-corrected chi connectivity index (χ0v) is 13.2. The molecular weight excluding hydrogens is 330 g/mol. The zero-order valence-electron chi connectivity index (χ0n) is 11.6. The second kappa shape index (κ2) is 5.77. The topological polar surface area (TPSA) is 64.1 Å². The van der Waals surface area contributed by atoms with Crippen LogP contribution in [0.4, 0.5) is 11.4 Å². The third-order valence-electron chi connectivity index (χ3n) is 3.34. The maximum Gasteiger partial charge on any atom is 0.105 e. The summed E-state index contributed by atoms with van der Waals surface area (Å²) in [6.07, 6.45) is 4.29. The van der Waals surface area contributed by atoms with Crippen LogP contribution in [-0.2, 0) is 6.42 Å². The molecule has 0 bridgehead atoms. The average molecular weight is 346 g/mol. The van der Waals surface area contributed by atoms with Crippen LogP contribution in [0.25, 0.3) is 10.9 Å². The Morgan fingerprint density at radius 2 is 2.24 bits per heavy atom. The molecule has 4 nitrogen and oxygen atoms in total.